The average Bonchev–Trinajstić information content (AvgIpc) is 2.66. The third-order valence-electron chi connectivity index (χ3n) is 3.89. The molecule has 0 aliphatic heterocycles. The SMILES string of the molecule is CC#COc1c(C)c(-c2ccc(OC(F)(F)F)cc2)cc(CBr)c1C(=O)OCC. The summed E-state index contributed by atoms with van der Waals surface area (Å²) in [5, 5.41) is 0.333. The Morgan fingerprint density at radius 3 is 2.38 bits per heavy atom. The van der Waals surface area contributed by atoms with Crippen LogP contribution in [0, 0.1) is 19.0 Å². The zero-order valence-corrected chi connectivity index (χ0v) is 17.5. The number of alkyl halides is 4. The molecule has 0 aliphatic carbocycles. The highest BCUT2D eigenvalue weighted by Gasteiger charge is 2.31. The van der Waals surface area contributed by atoms with Gasteiger partial charge in [0.15, 0.2) is 5.75 Å². The second-order valence-corrected chi connectivity index (χ2v) is 6.35. The summed E-state index contributed by atoms with van der Waals surface area (Å²) in [5.41, 5.74) is 2.77. The van der Waals surface area contributed by atoms with E-state index in [9.17, 15) is 18.0 Å². The second kappa shape index (κ2) is 9.70. The zero-order valence-electron chi connectivity index (χ0n) is 15.9. The highest BCUT2D eigenvalue weighted by atomic mass is 79.9. The first-order chi connectivity index (χ1) is 13.7. The van der Waals surface area contributed by atoms with Gasteiger partial charge in [-0.2, -0.15) is 0 Å². The van der Waals surface area contributed by atoms with Crippen molar-refractivity contribution < 1.29 is 32.2 Å². The predicted molar refractivity (Wildman–Crippen MR) is 106 cm³/mol. The molecule has 0 saturated carbocycles. The minimum Gasteiger partial charge on any atom is -0.462 e. The summed E-state index contributed by atoms with van der Waals surface area (Å²) in [6, 6.07) is 7.22. The molecular weight excluding hydrogens is 453 g/mol. The second-order valence-electron chi connectivity index (χ2n) is 5.79. The fourth-order valence-electron chi connectivity index (χ4n) is 2.71. The first-order valence-electron chi connectivity index (χ1n) is 8.56. The van der Waals surface area contributed by atoms with Gasteiger partial charge in [-0.3, -0.25) is 0 Å². The van der Waals surface area contributed by atoms with E-state index < -0.39 is 12.3 Å². The number of ether oxygens (including phenoxy) is 3. The molecule has 0 aromatic heterocycles. The van der Waals surface area contributed by atoms with Crippen LogP contribution in [0.3, 0.4) is 0 Å². The Hall–Kier alpha value is -2.66. The van der Waals surface area contributed by atoms with Crippen LogP contribution in [-0.2, 0) is 10.1 Å². The minimum atomic E-state index is -4.76. The maximum atomic E-state index is 12.5. The largest absolute Gasteiger partial charge is 0.573 e. The molecule has 2 aromatic rings. The summed E-state index contributed by atoms with van der Waals surface area (Å²) in [4.78, 5) is 12.5. The molecule has 0 radical (unpaired) electrons. The normalized spacial score (nSPS) is 10.7. The van der Waals surface area contributed by atoms with Crippen molar-refractivity contribution in [2.45, 2.75) is 32.5 Å². The zero-order chi connectivity index (χ0) is 21.6. The molecule has 154 valence electrons. The van der Waals surface area contributed by atoms with Gasteiger partial charge in [0.05, 0.1) is 6.61 Å². The summed E-state index contributed by atoms with van der Waals surface area (Å²) < 4.78 is 51.7. The molecule has 2 aromatic carbocycles. The van der Waals surface area contributed by atoms with Crippen LogP contribution in [0.2, 0.25) is 0 Å². The molecule has 0 fully saturated rings. The lowest BCUT2D eigenvalue weighted by molar-refractivity contribution is -0.274. The average molecular weight is 471 g/mol. The van der Waals surface area contributed by atoms with Gasteiger partial charge in [0.2, 0.25) is 0 Å². The monoisotopic (exact) mass is 470 g/mol. The maximum absolute atomic E-state index is 12.5. The first kappa shape index (κ1) is 22.6. The topological polar surface area (TPSA) is 44.8 Å². The number of carbonyl (C=O) groups excluding carboxylic acids is 1. The van der Waals surface area contributed by atoms with Crippen LogP contribution in [0.15, 0.2) is 30.3 Å². The van der Waals surface area contributed by atoms with E-state index in [1.165, 1.54) is 24.3 Å². The van der Waals surface area contributed by atoms with Gasteiger partial charge in [0, 0.05) is 17.8 Å². The Labute approximate surface area is 175 Å². The Morgan fingerprint density at radius 1 is 1.21 bits per heavy atom. The summed E-state index contributed by atoms with van der Waals surface area (Å²) in [6.07, 6.45) is -2.27. The van der Waals surface area contributed by atoms with Gasteiger partial charge in [-0.05, 0) is 48.7 Å². The van der Waals surface area contributed by atoms with Crippen LogP contribution in [-0.4, -0.2) is 18.9 Å². The van der Waals surface area contributed by atoms with Crippen molar-refractivity contribution >= 4 is 21.9 Å². The van der Waals surface area contributed by atoms with Crippen LogP contribution in [0.4, 0.5) is 13.2 Å². The van der Waals surface area contributed by atoms with E-state index in [1.54, 1.807) is 26.8 Å². The fourth-order valence-corrected chi connectivity index (χ4v) is 3.15. The molecule has 0 unspecified atom stereocenters. The molecular formula is C21H18BrF3O4. The minimum absolute atomic E-state index is 0.195. The van der Waals surface area contributed by atoms with Crippen LogP contribution in [0.25, 0.3) is 11.1 Å². The standard InChI is InChI=1S/C21H18BrF3O4/c1-4-10-28-19-13(3)17(11-15(12-22)18(19)20(26)27-5-2)14-6-8-16(9-7-14)29-21(23,24)25/h6-9,11H,5,12H2,1-3H3. The third kappa shape index (κ3) is 5.67. The number of halogens is 4. The van der Waals surface area contributed by atoms with Gasteiger partial charge in [-0.1, -0.05) is 34.0 Å². The van der Waals surface area contributed by atoms with Crippen LogP contribution >= 0.6 is 15.9 Å². The van der Waals surface area contributed by atoms with Gasteiger partial charge in [-0.15, -0.1) is 13.2 Å². The molecule has 0 saturated heterocycles. The van der Waals surface area contributed by atoms with E-state index in [0.29, 0.717) is 27.6 Å². The summed E-state index contributed by atoms with van der Waals surface area (Å²) in [6.45, 7) is 5.22. The van der Waals surface area contributed by atoms with Gasteiger partial charge in [0.25, 0.3) is 0 Å². The Kier molecular flexibility index (Phi) is 7.57. The van der Waals surface area contributed by atoms with Crippen molar-refractivity contribution in [1.82, 2.24) is 0 Å². The van der Waals surface area contributed by atoms with Gasteiger partial charge in [0.1, 0.15) is 17.4 Å². The molecule has 2 rings (SSSR count). The predicted octanol–water partition coefficient (Wildman–Crippen LogP) is 5.99. The molecule has 0 heterocycles. The molecule has 0 atom stereocenters. The van der Waals surface area contributed by atoms with Gasteiger partial charge in [-0.25, -0.2) is 4.79 Å². The Bertz CT molecular complexity index is 942. The lowest BCUT2D eigenvalue weighted by atomic mass is 9.93. The number of benzene rings is 2. The molecule has 8 heteroatoms. The van der Waals surface area contributed by atoms with E-state index in [4.69, 9.17) is 9.47 Å². The lowest BCUT2D eigenvalue weighted by Crippen LogP contribution is -2.16. The van der Waals surface area contributed by atoms with E-state index in [2.05, 4.69) is 32.7 Å². The highest BCUT2D eigenvalue weighted by molar-refractivity contribution is 9.08. The summed E-state index contributed by atoms with van der Waals surface area (Å²) in [7, 11) is 0. The molecule has 4 nitrogen and oxygen atoms in total. The molecule has 0 N–H and O–H groups in total. The van der Waals surface area contributed by atoms with Crippen LogP contribution in [0.5, 0.6) is 11.5 Å². The number of hydrogen-bond acceptors (Lipinski definition) is 4. The number of carbonyl (C=O) groups is 1. The summed E-state index contributed by atoms with van der Waals surface area (Å²) >= 11 is 3.36. The highest BCUT2D eigenvalue weighted by Crippen LogP contribution is 2.38. The number of hydrogen-bond donors (Lipinski definition) is 0. The van der Waals surface area contributed by atoms with Gasteiger partial charge < -0.3 is 14.2 Å². The van der Waals surface area contributed by atoms with Crippen molar-refractivity contribution in [2.75, 3.05) is 6.61 Å². The molecule has 29 heavy (non-hydrogen) atoms. The van der Waals surface area contributed by atoms with Crippen molar-refractivity contribution in [3.63, 3.8) is 0 Å². The van der Waals surface area contributed by atoms with E-state index in [0.717, 1.165) is 0 Å². The smallest absolute Gasteiger partial charge is 0.462 e. The van der Waals surface area contributed by atoms with Crippen molar-refractivity contribution in [3.05, 3.63) is 47.0 Å². The van der Waals surface area contributed by atoms with Crippen molar-refractivity contribution in [3.8, 4) is 34.7 Å². The molecule has 0 aliphatic rings. The quantitative estimate of drug-likeness (QED) is 0.295. The van der Waals surface area contributed by atoms with Crippen molar-refractivity contribution in [1.29, 1.82) is 0 Å². The number of esters is 1. The van der Waals surface area contributed by atoms with Crippen molar-refractivity contribution in [2.24, 2.45) is 0 Å². The lowest BCUT2D eigenvalue weighted by Gasteiger charge is -2.17. The number of rotatable bonds is 6. The van der Waals surface area contributed by atoms with Crippen LogP contribution < -0.4 is 9.47 Å². The molecule has 0 spiro atoms. The Balaban J connectivity index is 2.60. The van der Waals surface area contributed by atoms with Gasteiger partial charge >= 0.3 is 12.3 Å². The first-order valence-corrected chi connectivity index (χ1v) is 9.68. The fraction of sp³-hybridized carbons (Fsp3) is 0.286. The van der Waals surface area contributed by atoms with E-state index in [-0.39, 0.29) is 23.7 Å². The maximum Gasteiger partial charge on any atom is 0.573 e. The molecule has 0 amide bonds. The van der Waals surface area contributed by atoms with E-state index >= 15 is 0 Å². The van der Waals surface area contributed by atoms with Crippen LogP contribution in [0.1, 0.15) is 35.3 Å². The molecule has 0 bridgehead atoms. The Morgan fingerprint density at radius 2 is 1.86 bits per heavy atom. The van der Waals surface area contributed by atoms with E-state index in [1.807, 2.05) is 0 Å². The summed E-state index contributed by atoms with van der Waals surface area (Å²) in [5.74, 6) is 1.99. The third-order valence-corrected chi connectivity index (χ3v) is 4.49.